The van der Waals surface area contributed by atoms with Gasteiger partial charge in [0.15, 0.2) is 5.13 Å². The number of rotatable bonds is 1. The van der Waals surface area contributed by atoms with Crippen molar-refractivity contribution >= 4 is 26.7 Å². The Morgan fingerprint density at radius 1 is 1.14 bits per heavy atom. The molecule has 0 atom stereocenters. The Labute approximate surface area is 89.2 Å². The number of fused-ring (bicyclic) bond motifs is 1. The van der Waals surface area contributed by atoms with Crippen LogP contribution in [-0.2, 0) is 0 Å². The van der Waals surface area contributed by atoms with E-state index in [4.69, 9.17) is 0 Å². The van der Waals surface area contributed by atoms with Crippen molar-refractivity contribution in [2.24, 2.45) is 0 Å². The predicted octanol–water partition coefficient (Wildman–Crippen LogP) is 3.39. The van der Waals surface area contributed by atoms with E-state index >= 15 is 0 Å². The van der Waals surface area contributed by atoms with E-state index in [1.54, 1.807) is 11.3 Å². The van der Waals surface area contributed by atoms with Crippen molar-refractivity contribution in [2.75, 3.05) is 19.0 Å². The van der Waals surface area contributed by atoms with Crippen molar-refractivity contribution in [1.29, 1.82) is 0 Å². The Hall–Kier alpha value is -1.09. The molecule has 2 nitrogen and oxygen atoms in total. The molecule has 76 valence electrons. The molecule has 0 spiro atoms. The van der Waals surface area contributed by atoms with Crippen LogP contribution in [0.5, 0.6) is 0 Å². The van der Waals surface area contributed by atoms with Gasteiger partial charge in [0.2, 0.25) is 0 Å². The quantitative estimate of drug-likeness (QED) is 0.714. The molecule has 3 heteroatoms. The minimum atomic E-state index is 1.07. The molecule has 0 saturated carbocycles. The molecule has 1 aromatic heterocycles. The summed E-state index contributed by atoms with van der Waals surface area (Å²) < 4.78 is 1.25. The van der Waals surface area contributed by atoms with Gasteiger partial charge in [0.1, 0.15) is 0 Å². The number of hydrogen-bond donors (Lipinski definition) is 0. The third kappa shape index (κ3) is 2.23. The summed E-state index contributed by atoms with van der Waals surface area (Å²) in [6, 6.07) is 8.19. The number of benzene rings is 1. The van der Waals surface area contributed by atoms with Crippen molar-refractivity contribution in [3.8, 4) is 0 Å². The summed E-state index contributed by atoms with van der Waals surface area (Å²) in [4.78, 5) is 6.49. The van der Waals surface area contributed by atoms with Gasteiger partial charge in [-0.1, -0.05) is 37.3 Å². The third-order valence-electron chi connectivity index (χ3n) is 1.67. The average molecular weight is 208 g/mol. The fourth-order valence-corrected chi connectivity index (χ4v) is 1.94. The zero-order valence-corrected chi connectivity index (χ0v) is 9.93. The van der Waals surface area contributed by atoms with Crippen molar-refractivity contribution in [3.05, 3.63) is 24.3 Å². The maximum atomic E-state index is 4.46. The fourth-order valence-electron chi connectivity index (χ4n) is 1.05. The van der Waals surface area contributed by atoms with Crippen LogP contribution in [0.2, 0.25) is 0 Å². The van der Waals surface area contributed by atoms with E-state index in [-0.39, 0.29) is 0 Å². The van der Waals surface area contributed by atoms with Gasteiger partial charge in [-0.15, -0.1) is 0 Å². The highest BCUT2D eigenvalue weighted by molar-refractivity contribution is 7.22. The minimum absolute atomic E-state index is 1.07. The molecule has 1 aromatic carbocycles. The van der Waals surface area contributed by atoms with Crippen LogP contribution >= 0.6 is 11.3 Å². The summed E-state index contributed by atoms with van der Waals surface area (Å²) in [5.74, 6) is 0. The summed E-state index contributed by atoms with van der Waals surface area (Å²) in [5.41, 5.74) is 1.09. The normalized spacial score (nSPS) is 9.43. The largest absolute Gasteiger partial charge is 0.354 e. The maximum Gasteiger partial charge on any atom is 0.185 e. The first kappa shape index (κ1) is 11.0. The highest BCUT2D eigenvalue weighted by Crippen LogP contribution is 2.26. The lowest BCUT2D eigenvalue weighted by molar-refractivity contribution is 1.11. The highest BCUT2D eigenvalue weighted by atomic mass is 32.1. The van der Waals surface area contributed by atoms with Crippen LogP contribution in [0.25, 0.3) is 10.2 Å². The first-order valence-electron chi connectivity index (χ1n) is 4.80. The molecule has 0 aliphatic heterocycles. The first-order chi connectivity index (χ1) is 6.77. The molecular weight excluding hydrogens is 192 g/mol. The van der Waals surface area contributed by atoms with Gasteiger partial charge >= 0.3 is 0 Å². The van der Waals surface area contributed by atoms with Crippen LogP contribution in [0.4, 0.5) is 5.13 Å². The zero-order chi connectivity index (χ0) is 10.6. The van der Waals surface area contributed by atoms with E-state index in [1.165, 1.54) is 4.70 Å². The Kier molecular flexibility index (Phi) is 3.89. The number of nitrogens with zero attached hydrogens (tertiary/aromatic N) is 2. The average Bonchev–Trinajstić information content (AvgIpc) is 2.64. The molecule has 0 saturated heterocycles. The molecule has 0 radical (unpaired) electrons. The lowest BCUT2D eigenvalue weighted by atomic mass is 10.3. The Morgan fingerprint density at radius 3 is 2.36 bits per heavy atom. The van der Waals surface area contributed by atoms with E-state index in [9.17, 15) is 0 Å². The van der Waals surface area contributed by atoms with Crippen LogP contribution < -0.4 is 4.90 Å². The third-order valence-corrected chi connectivity index (χ3v) is 2.87. The summed E-state index contributed by atoms with van der Waals surface area (Å²) >= 11 is 1.72. The van der Waals surface area contributed by atoms with Gasteiger partial charge in [0.25, 0.3) is 0 Å². The van der Waals surface area contributed by atoms with Gasteiger partial charge in [0, 0.05) is 14.1 Å². The molecule has 2 rings (SSSR count). The van der Waals surface area contributed by atoms with Gasteiger partial charge in [-0.25, -0.2) is 4.98 Å². The summed E-state index contributed by atoms with van der Waals surface area (Å²) in [6.45, 7) is 4.00. The molecule has 0 unspecified atom stereocenters. The lowest BCUT2D eigenvalue weighted by Gasteiger charge is -2.04. The molecule has 0 aliphatic carbocycles. The van der Waals surface area contributed by atoms with Gasteiger partial charge in [-0.05, 0) is 12.1 Å². The van der Waals surface area contributed by atoms with Crippen LogP contribution in [0.1, 0.15) is 13.8 Å². The molecule has 0 bridgehead atoms. The van der Waals surface area contributed by atoms with Gasteiger partial charge in [-0.3, -0.25) is 0 Å². The predicted molar refractivity (Wildman–Crippen MR) is 65.3 cm³/mol. The molecule has 0 fully saturated rings. The van der Waals surface area contributed by atoms with E-state index in [0.717, 1.165) is 10.6 Å². The van der Waals surface area contributed by atoms with E-state index in [0.29, 0.717) is 0 Å². The summed E-state index contributed by atoms with van der Waals surface area (Å²) in [5, 5.41) is 1.07. The SMILES string of the molecule is CC.CN(C)c1nc2ccccc2s1. The second kappa shape index (κ2) is 4.96. The number of para-hydroxylation sites is 1. The van der Waals surface area contributed by atoms with Crippen molar-refractivity contribution in [2.45, 2.75) is 13.8 Å². The monoisotopic (exact) mass is 208 g/mol. The van der Waals surface area contributed by atoms with Crippen LogP contribution in [0, 0.1) is 0 Å². The van der Waals surface area contributed by atoms with E-state index in [1.807, 2.05) is 51.0 Å². The maximum absolute atomic E-state index is 4.46. The minimum Gasteiger partial charge on any atom is -0.354 e. The second-order valence-electron chi connectivity index (χ2n) is 2.86. The van der Waals surface area contributed by atoms with Crippen LogP contribution in [0.15, 0.2) is 24.3 Å². The number of thiazole rings is 1. The van der Waals surface area contributed by atoms with Gasteiger partial charge in [0.05, 0.1) is 10.2 Å². The second-order valence-corrected chi connectivity index (χ2v) is 3.87. The standard InChI is InChI=1S/C9H10N2S.C2H6/c1-11(2)9-10-7-5-3-4-6-8(7)12-9;1-2/h3-6H,1-2H3;1-2H3. The van der Waals surface area contributed by atoms with Gasteiger partial charge in [-0.2, -0.15) is 0 Å². The number of hydrogen-bond acceptors (Lipinski definition) is 3. The molecule has 14 heavy (non-hydrogen) atoms. The topological polar surface area (TPSA) is 16.1 Å². The lowest BCUT2D eigenvalue weighted by Crippen LogP contribution is -2.07. The van der Waals surface area contributed by atoms with E-state index in [2.05, 4.69) is 11.1 Å². The van der Waals surface area contributed by atoms with Crippen LogP contribution in [-0.4, -0.2) is 19.1 Å². The summed E-state index contributed by atoms with van der Waals surface area (Å²) in [7, 11) is 4.02. The van der Waals surface area contributed by atoms with Crippen molar-refractivity contribution in [1.82, 2.24) is 4.98 Å². The Morgan fingerprint density at radius 2 is 1.79 bits per heavy atom. The fraction of sp³-hybridized carbons (Fsp3) is 0.364. The van der Waals surface area contributed by atoms with Crippen molar-refractivity contribution in [3.63, 3.8) is 0 Å². The molecular formula is C11H16N2S. The Balaban J connectivity index is 0.000000461. The first-order valence-corrected chi connectivity index (χ1v) is 5.62. The number of anilines is 1. The summed E-state index contributed by atoms with van der Waals surface area (Å²) in [6.07, 6.45) is 0. The zero-order valence-electron chi connectivity index (χ0n) is 9.11. The van der Waals surface area contributed by atoms with E-state index < -0.39 is 0 Å². The smallest absolute Gasteiger partial charge is 0.185 e. The van der Waals surface area contributed by atoms with Crippen LogP contribution in [0.3, 0.4) is 0 Å². The number of aromatic nitrogens is 1. The molecule has 2 aromatic rings. The molecule has 0 N–H and O–H groups in total. The molecule has 0 aliphatic rings. The van der Waals surface area contributed by atoms with Gasteiger partial charge < -0.3 is 4.90 Å². The highest BCUT2D eigenvalue weighted by Gasteiger charge is 2.02. The molecule has 1 heterocycles. The van der Waals surface area contributed by atoms with Crippen molar-refractivity contribution < 1.29 is 0 Å². The molecule has 0 amide bonds. The Bertz CT molecular complexity index is 360.